The first kappa shape index (κ1) is 76.1. The monoisotopic (exact) mass is 1310 g/mol. The van der Waals surface area contributed by atoms with E-state index in [4.69, 9.17) is 37.3 Å². The van der Waals surface area contributed by atoms with E-state index in [1.807, 2.05) is 56.3 Å². The second-order valence-electron chi connectivity index (χ2n) is 29.6. The summed E-state index contributed by atoms with van der Waals surface area (Å²) < 4.78 is 51.3. The summed E-state index contributed by atoms with van der Waals surface area (Å²) in [7, 11) is -0.952. The number of carbonyl (C=O) groups excluding carboxylic acids is 6. The van der Waals surface area contributed by atoms with Gasteiger partial charge in [-0.05, 0) is 146 Å². The molecule has 3 aliphatic heterocycles. The van der Waals surface area contributed by atoms with Crippen LogP contribution in [0.15, 0.2) is 96.6 Å². The number of ketones is 2. The van der Waals surface area contributed by atoms with Crippen molar-refractivity contribution in [2.24, 2.45) is 29.6 Å². The lowest BCUT2D eigenvalue weighted by molar-refractivity contribution is -0.302. The zero-order valence-electron chi connectivity index (χ0n) is 58.6. The van der Waals surface area contributed by atoms with Crippen LogP contribution in [0.5, 0.6) is 0 Å². The van der Waals surface area contributed by atoms with Crippen LogP contribution in [0.3, 0.4) is 0 Å². The summed E-state index contributed by atoms with van der Waals surface area (Å²) in [5.74, 6) is -7.68. The van der Waals surface area contributed by atoms with Crippen molar-refractivity contribution in [3.63, 3.8) is 0 Å². The van der Waals surface area contributed by atoms with E-state index in [9.17, 15) is 24.3 Å². The average molecular weight is 1310 g/mol. The molecule has 4 aliphatic rings. The van der Waals surface area contributed by atoms with E-state index in [1.165, 1.54) is 4.90 Å². The maximum atomic E-state index is 15.2. The van der Waals surface area contributed by atoms with E-state index in [1.54, 1.807) is 34.3 Å². The highest BCUT2D eigenvalue weighted by molar-refractivity contribution is 7.00. The van der Waals surface area contributed by atoms with Crippen LogP contribution in [0, 0.1) is 29.6 Å². The highest BCUT2D eigenvalue weighted by Crippen LogP contribution is 2.43. The van der Waals surface area contributed by atoms with Crippen LogP contribution >= 0.6 is 0 Å². The first-order chi connectivity index (χ1) is 43.3. The van der Waals surface area contributed by atoms with Crippen LogP contribution < -0.4 is 10.4 Å². The summed E-state index contributed by atoms with van der Waals surface area (Å²) in [5.41, 5.74) is 1.33. The Morgan fingerprint density at radius 1 is 0.728 bits per heavy atom. The summed E-state index contributed by atoms with van der Waals surface area (Å²) >= 11 is 0. The number of benzene rings is 2. The number of esters is 2. The molecule has 14 atom stereocenters. The number of nitrogens with zero attached hydrogens (tertiary/aromatic N) is 1. The number of fused-ring (bicyclic) bond motifs is 3. The van der Waals surface area contributed by atoms with Crippen molar-refractivity contribution in [1.82, 2.24) is 4.90 Å². The molecule has 0 radical (unpaired) electrons. The van der Waals surface area contributed by atoms with Gasteiger partial charge in [-0.2, -0.15) is 0 Å². The molecule has 1 unspecified atom stereocenters. The number of unbranched alkanes of at least 4 members (excludes halogenated alkanes) is 3. The fraction of sp³-hybridized carbons (Fsp3) is 0.676. The Labute approximate surface area is 552 Å². The number of rotatable bonds is 20. The topological polar surface area (TPSA) is 200 Å². The molecule has 2 aromatic rings. The number of Topliss-reactive ketones (excluding diaryl/α,β-unsaturated/α-hetero) is 2. The summed E-state index contributed by atoms with van der Waals surface area (Å²) in [6.45, 7) is 31.0. The molecule has 2 aromatic carbocycles. The lowest BCUT2D eigenvalue weighted by Crippen LogP contribution is -2.67. The summed E-state index contributed by atoms with van der Waals surface area (Å²) in [4.78, 5) is 88.2. The molecule has 0 spiro atoms. The van der Waals surface area contributed by atoms with Gasteiger partial charge in [0, 0.05) is 59.0 Å². The second-order valence-corrected chi connectivity index (χ2v) is 38.6. The van der Waals surface area contributed by atoms with Crippen molar-refractivity contribution in [2.45, 2.75) is 263 Å². The molecule has 3 heterocycles. The Morgan fingerprint density at radius 3 is 1.88 bits per heavy atom. The molecular formula is C74H113NO15Si2. The Hall–Kier alpha value is -4.93. The van der Waals surface area contributed by atoms with E-state index in [0.717, 1.165) is 23.2 Å². The first-order valence-electron chi connectivity index (χ1n) is 34.1. The standard InChI is InChI=1S/C74H113NO15Si2/c1-18-31-55-43-49(2)42-50(3)44-63(84-14)68-64(85-15)46-52(5)74(82,88-68)69(79)70(80)75-41-30-29-36-58(75)71(81)87-67(53(6)61(48-59(55)76)89-91(16,17)72(7,8)9)51(4)45-54-39-40-60(62(47-54)83-13)86-65(77)37-27-19-20-28-38-66(78)90-92(73(10,11)12,56-32-23-21-24-33-56)57-34-25-22-26-35-57/h18,21-26,32-35,43,45,49-50,52-54,58,60-64,67-68,82H,1,19-20,27-31,36-42,44,46-48H2,2-17H3/t49?,50-,52+,53+,54-,58-,60+,61-,62+,63-,64-,67+,68+,74+/m0/s1. The SMILES string of the molecule is C=CCC1=CC(C)C[C@H](C)C[C@H](OC)[C@H]2O[C@@](O)(C(=O)C(=O)N3CCCC[C@H]3C(=O)O[C@H](C(C)=C[C@@H]3CC[C@@H](OC(=O)CCCCCCC(=O)O[Si](c4ccccc4)(c4ccccc4)C(C)(C)C)[C@H](OC)C3)[C@H](C)[C@@H](O[Si](C)(C)C(C)(C)C)CC1=O)[C@H](C)C[C@@H]2OC. The molecule has 2 saturated heterocycles. The first-order valence-corrected chi connectivity index (χ1v) is 38.9. The van der Waals surface area contributed by atoms with Gasteiger partial charge in [0.2, 0.25) is 5.79 Å². The van der Waals surface area contributed by atoms with Gasteiger partial charge in [-0.3, -0.25) is 24.0 Å². The van der Waals surface area contributed by atoms with Gasteiger partial charge in [0.1, 0.15) is 24.4 Å². The molecule has 92 heavy (non-hydrogen) atoms. The second kappa shape index (κ2) is 33.6. The van der Waals surface area contributed by atoms with Gasteiger partial charge in [0.15, 0.2) is 14.1 Å². The van der Waals surface area contributed by atoms with Gasteiger partial charge in [0.05, 0.1) is 24.4 Å². The Balaban J connectivity index is 1.22. The zero-order valence-corrected chi connectivity index (χ0v) is 60.6. The Bertz CT molecular complexity index is 2810. The lowest BCUT2D eigenvalue weighted by Gasteiger charge is -2.47. The number of ether oxygens (including phenoxy) is 6. The number of methoxy groups -OCH3 is 3. The summed E-state index contributed by atoms with van der Waals surface area (Å²) in [6, 6.07) is 19.1. The van der Waals surface area contributed by atoms with E-state index in [-0.39, 0.29) is 84.2 Å². The number of hydrogen-bond donors (Lipinski definition) is 1. The Morgan fingerprint density at radius 2 is 1.32 bits per heavy atom. The maximum absolute atomic E-state index is 15.2. The van der Waals surface area contributed by atoms with E-state index >= 15 is 9.59 Å². The van der Waals surface area contributed by atoms with E-state index in [0.29, 0.717) is 75.4 Å². The molecule has 16 nitrogen and oxygen atoms in total. The molecule has 18 heteroatoms. The quantitative estimate of drug-likeness (QED) is 0.0431. The number of piperidine rings is 1. The van der Waals surface area contributed by atoms with Crippen molar-refractivity contribution in [1.29, 1.82) is 0 Å². The average Bonchev–Trinajstić information content (AvgIpc) is 0.762. The molecule has 3 fully saturated rings. The fourth-order valence-electron chi connectivity index (χ4n) is 14.2. The van der Waals surface area contributed by atoms with Gasteiger partial charge in [-0.25, -0.2) is 4.79 Å². The number of amides is 1. The normalized spacial score (nSPS) is 29.9. The molecule has 1 saturated carbocycles. The van der Waals surface area contributed by atoms with Crippen LogP contribution in [-0.2, 0) is 66.0 Å². The number of aliphatic hydroxyl groups is 1. The summed E-state index contributed by atoms with van der Waals surface area (Å²) in [6.07, 6.45) is 9.00. The largest absolute Gasteiger partial charge is 0.510 e. The number of cyclic esters (lactones) is 1. The van der Waals surface area contributed by atoms with E-state index in [2.05, 4.69) is 105 Å². The van der Waals surface area contributed by atoms with Gasteiger partial charge < -0.3 is 47.3 Å². The van der Waals surface area contributed by atoms with Gasteiger partial charge in [0.25, 0.3) is 17.7 Å². The van der Waals surface area contributed by atoms with Crippen molar-refractivity contribution in [3.8, 4) is 0 Å². The minimum Gasteiger partial charge on any atom is -0.510 e. The highest BCUT2D eigenvalue weighted by Gasteiger charge is 2.57. The molecule has 0 aromatic heterocycles. The number of carbonyl (C=O) groups is 6. The predicted molar refractivity (Wildman–Crippen MR) is 364 cm³/mol. The van der Waals surface area contributed by atoms with Crippen molar-refractivity contribution in [2.75, 3.05) is 27.9 Å². The third kappa shape index (κ3) is 19.0. The van der Waals surface area contributed by atoms with Crippen LogP contribution in [0.25, 0.3) is 0 Å². The van der Waals surface area contributed by atoms with Crippen LogP contribution in [0.2, 0.25) is 23.2 Å². The molecule has 2 bridgehead atoms. The third-order valence-corrected chi connectivity index (χ3v) is 30.0. The van der Waals surface area contributed by atoms with Gasteiger partial charge >= 0.3 is 20.3 Å². The smallest absolute Gasteiger partial charge is 0.329 e. The number of hydrogen-bond acceptors (Lipinski definition) is 15. The van der Waals surface area contributed by atoms with Gasteiger partial charge in [-0.1, -0.05) is 161 Å². The van der Waals surface area contributed by atoms with Crippen molar-refractivity contribution < 1.29 is 71.1 Å². The van der Waals surface area contributed by atoms with Crippen molar-refractivity contribution >= 4 is 62.4 Å². The molecule has 512 valence electrons. The molecule has 1 amide bonds. The molecule has 1 aliphatic carbocycles. The van der Waals surface area contributed by atoms with Crippen LogP contribution in [0.4, 0.5) is 0 Å². The Kier molecular flexibility index (Phi) is 27.8. The van der Waals surface area contributed by atoms with Crippen LogP contribution in [0.1, 0.15) is 185 Å². The van der Waals surface area contributed by atoms with Crippen molar-refractivity contribution in [3.05, 3.63) is 96.6 Å². The lowest BCUT2D eigenvalue weighted by atomic mass is 9.81. The molecule has 1 N–H and O–H groups in total. The minimum absolute atomic E-state index is 0.000180. The predicted octanol–water partition coefficient (Wildman–Crippen LogP) is 12.7. The van der Waals surface area contributed by atoms with Gasteiger partial charge in [-0.15, -0.1) is 6.58 Å². The molecular weight excluding hydrogens is 1200 g/mol. The maximum Gasteiger partial charge on any atom is 0.329 e. The third-order valence-electron chi connectivity index (χ3n) is 20.5. The molecule has 6 rings (SSSR count). The highest BCUT2D eigenvalue weighted by atomic mass is 28.4. The van der Waals surface area contributed by atoms with E-state index < -0.39 is 101 Å². The van der Waals surface area contributed by atoms with Crippen LogP contribution in [-0.4, -0.2) is 144 Å². The summed E-state index contributed by atoms with van der Waals surface area (Å²) in [5, 5.41) is 13.9. The fourth-order valence-corrected chi connectivity index (χ4v) is 20.0. The minimum atomic E-state index is -3.02. The zero-order chi connectivity index (χ0) is 67.9. The number of allylic oxidation sites excluding steroid dienone is 4.